The van der Waals surface area contributed by atoms with Crippen LogP contribution in [0.15, 0.2) is 42.6 Å². The number of rotatable bonds is 3. The lowest BCUT2D eigenvalue weighted by Crippen LogP contribution is -2.09. The third-order valence-electron chi connectivity index (χ3n) is 4.67. The van der Waals surface area contributed by atoms with Gasteiger partial charge in [0.05, 0.1) is 12.8 Å². The molecule has 0 amide bonds. The number of benzene rings is 2. The summed E-state index contributed by atoms with van der Waals surface area (Å²) >= 11 is 0. The molecule has 0 fully saturated rings. The topological polar surface area (TPSA) is 88.6 Å². The minimum Gasteiger partial charge on any atom is -0.497 e. The van der Waals surface area contributed by atoms with E-state index in [9.17, 15) is 0 Å². The van der Waals surface area contributed by atoms with Crippen LogP contribution < -0.4 is 10.1 Å². The normalized spacial score (nSPS) is 12.5. The summed E-state index contributed by atoms with van der Waals surface area (Å²) in [4.78, 5) is 9.24. The van der Waals surface area contributed by atoms with E-state index in [1.165, 1.54) is 5.56 Å². The molecule has 4 aromatic rings. The number of nitrogens with zero attached hydrogens (tertiary/aromatic N) is 4. The van der Waals surface area contributed by atoms with Crippen LogP contribution in [-0.4, -0.2) is 32.5 Å². The summed E-state index contributed by atoms with van der Waals surface area (Å²) in [5, 5.41) is 14.0. The van der Waals surface area contributed by atoms with Crippen molar-refractivity contribution >= 4 is 22.7 Å². The highest BCUT2D eigenvalue weighted by Gasteiger charge is 2.19. The number of aromatic amines is 1. The van der Waals surface area contributed by atoms with Crippen LogP contribution in [0.2, 0.25) is 0 Å². The number of anilines is 2. The van der Waals surface area contributed by atoms with Crippen molar-refractivity contribution in [2.24, 2.45) is 0 Å². The van der Waals surface area contributed by atoms with Gasteiger partial charge in [-0.05, 0) is 54.3 Å². The summed E-state index contributed by atoms with van der Waals surface area (Å²) in [7, 11) is 1.68. The maximum absolute atomic E-state index is 5.38. The van der Waals surface area contributed by atoms with Crippen LogP contribution in [0.1, 0.15) is 11.1 Å². The van der Waals surface area contributed by atoms with Crippen LogP contribution in [0.25, 0.3) is 22.3 Å². The molecule has 2 heterocycles. The molecule has 1 aliphatic carbocycles. The van der Waals surface area contributed by atoms with Crippen molar-refractivity contribution in [1.29, 1.82) is 0 Å². The highest BCUT2D eigenvalue weighted by molar-refractivity contribution is 5.79. The fourth-order valence-electron chi connectivity index (χ4n) is 3.32. The first-order valence-electron chi connectivity index (χ1n) is 8.41. The van der Waals surface area contributed by atoms with E-state index in [1.54, 1.807) is 7.11 Å². The van der Waals surface area contributed by atoms with Crippen LogP contribution in [-0.2, 0) is 12.8 Å². The largest absolute Gasteiger partial charge is 0.497 e. The molecule has 7 heteroatoms. The molecule has 26 heavy (non-hydrogen) atoms. The minimum atomic E-state index is 0.558. The Balaban J connectivity index is 1.53. The molecule has 128 valence electrons. The van der Waals surface area contributed by atoms with Crippen molar-refractivity contribution in [2.75, 3.05) is 12.4 Å². The summed E-state index contributed by atoms with van der Waals surface area (Å²) in [6, 6.07) is 11.9. The van der Waals surface area contributed by atoms with Gasteiger partial charge < -0.3 is 10.1 Å². The number of methoxy groups -OCH3 is 1. The average molecular weight is 344 g/mol. The van der Waals surface area contributed by atoms with Crippen LogP contribution in [0.3, 0.4) is 0 Å². The van der Waals surface area contributed by atoms with Crippen molar-refractivity contribution in [1.82, 2.24) is 25.4 Å². The second-order valence-electron chi connectivity index (χ2n) is 6.24. The summed E-state index contributed by atoms with van der Waals surface area (Å²) in [6.45, 7) is 0. The zero-order valence-corrected chi connectivity index (χ0v) is 14.2. The Morgan fingerprint density at radius 2 is 1.88 bits per heavy atom. The number of H-pyrrole nitrogens is 1. The second-order valence-corrected chi connectivity index (χ2v) is 6.24. The Bertz CT molecular complexity index is 1120. The van der Waals surface area contributed by atoms with Gasteiger partial charge in [0.1, 0.15) is 16.8 Å². The average Bonchev–Trinajstić information content (AvgIpc) is 3.15. The summed E-state index contributed by atoms with van der Waals surface area (Å²) < 4.78 is 5.38. The zero-order valence-electron chi connectivity index (χ0n) is 14.2. The van der Waals surface area contributed by atoms with Gasteiger partial charge in [-0.1, -0.05) is 6.07 Å². The van der Waals surface area contributed by atoms with E-state index in [2.05, 4.69) is 31.8 Å². The number of nitrogens with one attached hydrogen (secondary N) is 2. The van der Waals surface area contributed by atoms with Gasteiger partial charge in [0.15, 0.2) is 0 Å². The molecule has 0 spiro atoms. The van der Waals surface area contributed by atoms with E-state index in [-0.39, 0.29) is 0 Å². The van der Waals surface area contributed by atoms with E-state index in [0.717, 1.165) is 52.1 Å². The van der Waals surface area contributed by atoms with Crippen molar-refractivity contribution in [2.45, 2.75) is 12.8 Å². The van der Waals surface area contributed by atoms with E-state index < -0.39 is 0 Å². The highest BCUT2D eigenvalue weighted by atomic mass is 16.5. The van der Waals surface area contributed by atoms with Gasteiger partial charge in [-0.25, -0.2) is 9.97 Å². The van der Waals surface area contributed by atoms with Crippen molar-refractivity contribution in [3.8, 4) is 17.0 Å². The lowest BCUT2D eigenvalue weighted by Gasteiger charge is -2.20. The summed E-state index contributed by atoms with van der Waals surface area (Å²) in [5.41, 5.74) is 7.00. The fraction of sp³-hybridized carbons (Fsp3) is 0.158. The number of hydrogen-bond donors (Lipinski definition) is 2. The fourth-order valence-corrected chi connectivity index (χ4v) is 3.32. The van der Waals surface area contributed by atoms with Crippen molar-refractivity contribution < 1.29 is 4.74 Å². The van der Waals surface area contributed by atoms with Crippen molar-refractivity contribution in [3.63, 3.8) is 0 Å². The molecule has 0 saturated heterocycles. The van der Waals surface area contributed by atoms with Gasteiger partial charge in [-0.3, -0.25) is 0 Å². The molecule has 1 aliphatic rings. The molecule has 2 aromatic heterocycles. The Morgan fingerprint density at radius 1 is 1.00 bits per heavy atom. The lowest BCUT2D eigenvalue weighted by molar-refractivity contribution is 0.415. The van der Waals surface area contributed by atoms with Gasteiger partial charge >= 0.3 is 0 Å². The molecular weight excluding hydrogens is 328 g/mol. The molecule has 0 radical (unpaired) electrons. The zero-order chi connectivity index (χ0) is 17.5. The van der Waals surface area contributed by atoms with Crippen LogP contribution in [0, 0.1) is 0 Å². The predicted octanol–water partition coefficient (Wildman–Crippen LogP) is 3.27. The molecule has 0 aliphatic heterocycles. The quantitative estimate of drug-likeness (QED) is 0.593. The molecule has 0 bridgehead atoms. The van der Waals surface area contributed by atoms with E-state index in [1.807, 2.05) is 36.5 Å². The maximum Gasteiger partial charge on any atom is 0.227 e. The van der Waals surface area contributed by atoms with Crippen LogP contribution in [0.5, 0.6) is 5.75 Å². The number of fused-ring (bicyclic) bond motifs is 4. The predicted molar refractivity (Wildman–Crippen MR) is 98.6 cm³/mol. The Morgan fingerprint density at radius 3 is 2.81 bits per heavy atom. The van der Waals surface area contributed by atoms with Gasteiger partial charge in [-0.15, -0.1) is 0 Å². The van der Waals surface area contributed by atoms with Gasteiger partial charge in [-0.2, -0.15) is 15.4 Å². The van der Waals surface area contributed by atoms with Gasteiger partial charge in [0.2, 0.25) is 5.95 Å². The second kappa shape index (κ2) is 5.80. The van der Waals surface area contributed by atoms with E-state index in [0.29, 0.717) is 5.95 Å². The molecular formula is C19H16N6O. The monoisotopic (exact) mass is 344 g/mol. The number of aryl methyl sites for hydroxylation is 2. The number of ether oxygens (including phenoxy) is 1. The van der Waals surface area contributed by atoms with Crippen LogP contribution in [0.4, 0.5) is 11.6 Å². The first-order chi connectivity index (χ1) is 12.8. The Labute approximate surface area is 149 Å². The van der Waals surface area contributed by atoms with Crippen LogP contribution >= 0.6 is 0 Å². The lowest BCUT2D eigenvalue weighted by atomic mass is 9.90. The SMILES string of the molecule is COc1ccc2c(c1)-c1nc(Nc3ccc4n[nH]nc4c3)ncc1CC2. The molecule has 2 N–H and O–H groups in total. The molecule has 0 atom stereocenters. The summed E-state index contributed by atoms with van der Waals surface area (Å²) in [6.07, 6.45) is 3.84. The van der Waals surface area contributed by atoms with E-state index >= 15 is 0 Å². The number of hydrogen-bond acceptors (Lipinski definition) is 6. The Hall–Kier alpha value is -3.48. The smallest absolute Gasteiger partial charge is 0.227 e. The van der Waals surface area contributed by atoms with E-state index in [4.69, 9.17) is 9.72 Å². The Kier molecular flexibility index (Phi) is 3.31. The third kappa shape index (κ3) is 2.45. The highest BCUT2D eigenvalue weighted by Crippen LogP contribution is 2.35. The van der Waals surface area contributed by atoms with Gasteiger partial charge in [0, 0.05) is 17.4 Å². The summed E-state index contributed by atoms with van der Waals surface area (Å²) in [5.74, 6) is 1.39. The first kappa shape index (κ1) is 14.8. The molecule has 7 nitrogen and oxygen atoms in total. The molecule has 0 saturated carbocycles. The van der Waals surface area contributed by atoms with Gasteiger partial charge in [0.25, 0.3) is 0 Å². The number of aromatic nitrogens is 5. The first-order valence-corrected chi connectivity index (χ1v) is 8.41. The maximum atomic E-state index is 5.38. The molecule has 2 aromatic carbocycles. The van der Waals surface area contributed by atoms with Crippen molar-refractivity contribution in [3.05, 3.63) is 53.7 Å². The molecule has 5 rings (SSSR count). The molecule has 0 unspecified atom stereocenters. The minimum absolute atomic E-state index is 0.558. The standard InChI is InChI=1S/C19H16N6O/c1-26-14-6-4-11-2-3-12-10-20-19(22-18(12)15(11)9-14)21-13-5-7-16-17(8-13)24-25-23-16/h4-10H,2-3H2,1H3,(H,20,21,22)(H,23,24,25). The third-order valence-corrected chi connectivity index (χ3v) is 4.67.